The van der Waals surface area contributed by atoms with Crippen LogP contribution in [0.1, 0.15) is 35.1 Å². The second kappa shape index (κ2) is 11.9. The Kier molecular flexibility index (Phi) is 7.09. The van der Waals surface area contributed by atoms with Crippen LogP contribution in [0.3, 0.4) is 0 Å². The molecule has 9 rings (SSSR count). The van der Waals surface area contributed by atoms with E-state index in [0.29, 0.717) is 0 Å². The lowest BCUT2D eigenvalue weighted by molar-refractivity contribution is 0.415. The van der Waals surface area contributed by atoms with Crippen LogP contribution < -0.4 is 9.47 Å². The van der Waals surface area contributed by atoms with Gasteiger partial charge in [0.05, 0.1) is 36.6 Å². The Labute approximate surface area is 286 Å². The van der Waals surface area contributed by atoms with E-state index < -0.39 is 0 Å². The van der Waals surface area contributed by atoms with E-state index in [2.05, 4.69) is 109 Å². The average molecular weight is 635 g/mol. The van der Waals surface area contributed by atoms with E-state index in [1.165, 1.54) is 33.4 Å². The van der Waals surface area contributed by atoms with Gasteiger partial charge in [-0.05, 0) is 88.1 Å². The van der Waals surface area contributed by atoms with E-state index in [1.54, 1.807) is 14.2 Å². The van der Waals surface area contributed by atoms with Gasteiger partial charge in [0.25, 0.3) is 0 Å². The van der Waals surface area contributed by atoms with Crippen molar-refractivity contribution in [3.63, 3.8) is 0 Å². The van der Waals surface area contributed by atoms with Crippen LogP contribution in [0, 0.1) is 0 Å². The van der Waals surface area contributed by atoms with Crippen molar-refractivity contribution in [1.29, 1.82) is 0 Å². The van der Waals surface area contributed by atoms with Crippen molar-refractivity contribution in [2.24, 2.45) is 0 Å². The predicted molar refractivity (Wildman–Crippen MR) is 200 cm³/mol. The van der Waals surface area contributed by atoms with Gasteiger partial charge in [-0.3, -0.25) is 0 Å². The molecule has 1 heterocycles. The number of nitrogens with zero attached hydrogens (tertiary/aromatic N) is 2. The molecule has 2 aliphatic rings. The van der Waals surface area contributed by atoms with E-state index >= 15 is 0 Å². The molecule has 236 valence electrons. The number of aryl methyl sites for hydroxylation is 1. The molecule has 0 bridgehead atoms. The fourth-order valence-corrected chi connectivity index (χ4v) is 7.69. The number of fused-ring (bicyclic) bond motifs is 7. The smallest absolute Gasteiger partial charge is 0.118 e. The average Bonchev–Trinajstić information content (AvgIpc) is 3.29. The maximum atomic E-state index is 5.64. The van der Waals surface area contributed by atoms with Crippen molar-refractivity contribution < 1.29 is 9.47 Å². The summed E-state index contributed by atoms with van der Waals surface area (Å²) >= 11 is 0. The minimum absolute atomic E-state index is 0.818. The molecule has 0 spiro atoms. The van der Waals surface area contributed by atoms with Gasteiger partial charge in [-0.1, -0.05) is 109 Å². The Bertz CT molecular complexity index is 2280. The summed E-state index contributed by atoms with van der Waals surface area (Å²) in [6, 6.07) is 47.2. The zero-order chi connectivity index (χ0) is 32.9. The molecule has 0 atom stereocenters. The fourth-order valence-electron chi connectivity index (χ4n) is 7.69. The molecule has 0 fully saturated rings. The highest BCUT2D eigenvalue weighted by Gasteiger charge is 2.30. The van der Waals surface area contributed by atoms with Gasteiger partial charge < -0.3 is 9.47 Å². The van der Waals surface area contributed by atoms with Crippen molar-refractivity contribution in [1.82, 2.24) is 9.97 Å². The van der Waals surface area contributed by atoms with E-state index in [1.807, 2.05) is 24.3 Å². The van der Waals surface area contributed by atoms with Crippen LogP contribution in [0.5, 0.6) is 11.5 Å². The SMILES string of the molecule is COc1ccc(-c2ccc(-c3ccc(OC)cc3)c3nc4c(nc23)-c2ccccc2C(=C2CCCc3ccccc32)c2ccccc2-4)cc1. The lowest BCUT2D eigenvalue weighted by atomic mass is 9.80. The van der Waals surface area contributed by atoms with Crippen LogP contribution in [-0.4, -0.2) is 24.2 Å². The van der Waals surface area contributed by atoms with E-state index in [4.69, 9.17) is 19.4 Å². The maximum Gasteiger partial charge on any atom is 0.118 e. The first kappa shape index (κ1) is 29.2. The number of benzene rings is 6. The van der Waals surface area contributed by atoms with Gasteiger partial charge in [-0.15, -0.1) is 0 Å². The third-order valence-electron chi connectivity index (χ3n) is 10.0. The highest BCUT2D eigenvalue weighted by molar-refractivity contribution is 6.10. The van der Waals surface area contributed by atoms with Crippen LogP contribution in [0.15, 0.2) is 133 Å². The molecule has 0 radical (unpaired) electrons. The zero-order valence-electron chi connectivity index (χ0n) is 27.5. The van der Waals surface area contributed by atoms with Gasteiger partial charge in [0.1, 0.15) is 11.5 Å². The van der Waals surface area contributed by atoms with Crippen LogP contribution >= 0.6 is 0 Å². The molecule has 0 saturated heterocycles. The minimum Gasteiger partial charge on any atom is -0.497 e. The molecule has 0 saturated carbocycles. The van der Waals surface area contributed by atoms with Gasteiger partial charge in [0.2, 0.25) is 0 Å². The Morgan fingerprint density at radius 2 is 0.878 bits per heavy atom. The number of hydrogen-bond donors (Lipinski definition) is 0. The Morgan fingerprint density at radius 3 is 1.37 bits per heavy atom. The van der Waals surface area contributed by atoms with Gasteiger partial charge in [-0.25, -0.2) is 9.97 Å². The summed E-state index contributed by atoms with van der Waals surface area (Å²) in [6.45, 7) is 0. The molecule has 0 N–H and O–H groups in total. The number of hydrogen-bond acceptors (Lipinski definition) is 4. The first-order valence-corrected chi connectivity index (χ1v) is 16.9. The van der Waals surface area contributed by atoms with Crippen LogP contribution in [0.4, 0.5) is 0 Å². The van der Waals surface area contributed by atoms with Crippen molar-refractivity contribution in [2.45, 2.75) is 19.3 Å². The summed E-state index contributed by atoms with van der Waals surface area (Å²) in [5.41, 5.74) is 17.8. The van der Waals surface area contributed by atoms with E-state index in [9.17, 15) is 0 Å². The molecule has 0 aliphatic heterocycles. The lowest BCUT2D eigenvalue weighted by Gasteiger charge is -2.24. The Balaban J connectivity index is 1.39. The summed E-state index contributed by atoms with van der Waals surface area (Å²) in [7, 11) is 3.39. The van der Waals surface area contributed by atoms with Crippen molar-refractivity contribution in [3.8, 4) is 56.3 Å². The molecule has 2 aliphatic carbocycles. The highest BCUT2D eigenvalue weighted by Crippen LogP contribution is 2.50. The molecule has 6 aromatic carbocycles. The number of methoxy groups -OCH3 is 2. The third-order valence-corrected chi connectivity index (χ3v) is 10.0. The van der Waals surface area contributed by atoms with Crippen LogP contribution in [-0.2, 0) is 6.42 Å². The van der Waals surface area contributed by atoms with Gasteiger partial charge >= 0.3 is 0 Å². The number of allylic oxidation sites excluding steroid dienone is 1. The molecule has 7 aromatic rings. The second-order valence-corrected chi connectivity index (χ2v) is 12.7. The summed E-state index contributed by atoms with van der Waals surface area (Å²) in [4.78, 5) is 11.3. The fraction of sp³-hybridized carbons (Fsp3) is 0.111. The number of ether oxygens (including phenoxy) is 2. The molecule has 4 heteroatoms. The first-order valence-electron chi connectivity index (χ1n) is 16.9. The predicted octanol–water partition coefficient (Wildman–Crippen LogP) is 10.9. The molecule has 0 amide bonds. The maximum absolute atomic E-state index is 5.64. The minimum atomic E-state index is 0.818. The third kappa shape index (κ3) is 4.83. The largest absolute Gasteiger partial charge is 0.497 e. The van der Waals surface area contributed by atoms with Crippen LogP contribution in [0.2, 0.25) is 0 Å². The monoisotopic (exact) mass is 634 g/mol. The van der Waals surface area contributed by atoms with Gasteiger partial charge in [0, 0.05) is 22.3 Å². The molecular formula is C45H34N2O2. The van der Waals surface area contributed by atoms with Crippen molar-refractivity contribution in [2.75, 3.05) is 14.2 Å². The standard InChI is InChI=1S/C45H34N2O2/c1-48-31-22-18-29(19-23-31)34-26-27-35(30-20-24-32(49-2)25-21-30)43-42(34)46-44-39-15-7-5-13-37(39)41(38-14-6-8-16-40(38)45(44)47-43)36-17-9-11-28-10-3-4-12-33(28)36/h3-8,10,12-16,18-27H,9,11,17H2,1-2H3. The zero-order valence-corrected chi connectivity index (χ0v) is 27.5. The quantitative estimate of drug-likeness (QED) is 0.193. The topological polar surface area (TPSA) is 44.2 Å². The lowest BCUT2D eigenvalue weighted by Crippen LogP contribution is -2.05. The second-order valence-electron chi connectivity index (χ2n) is 12.7. The first-order chi connectivity index (χ1) is 24.2. The molecule has 0 unspecified atom stereocenters. The van der Waals surface area contributed by atoms with E-state index in [-0.39, 0.29) is 0 Å². The summed E-state index contributed by atoms with van der Waals surface area (Å²) in [6.07, 6.45) is 3.26. The molecular weight excluding hydrogens is 601 g/mol. The highest BCUT2D eigenvalue weighted by atomic mass is 16.5. The van der Waals surface area contributed by atoms with Crippen molar-refractivity contribution in [3.05, 3.63) is 156 Å². The summed E-state index contributed by atoms with van der Waals surface area (Å²) in [5.74, 6) is 1.64. The number of aromatic nitrogens is 2. The summed E-state index contributed by atoms with van der Waals surface area (Å²) < 4.78 is 11.0. The Morgan fingerprint density at radius 1 is 0.429 bits per heavy atom. The van der Waals surface area contributed by atoms with Gasteiger partial charge in [0.15, 0.2) is 0 Å². The van der Waals surface area contributed by atoms with Crippen molar-refractivity contribution >= 4 is 22.2 Å². The summed E-state index contributed by atoms with van der Waals surface area (Å²) in [5, 5.41) is 0. The van der Waals surface area contributed by atoms with Crippen LogP contribution in [0.25, 0.3) is 66.9 Å². The van der Waals surface area contributed by atoms with E-state index in [0.717, 1.165) is 86.6 Å². The molecule has 49 heavy (non-hydrogen) atoms. The normalized spacial score (nSPS) is 13.2. The number of rotatable bonds is 4. The van der Waals surface area contributed by atoms with Gasteiger partial charge in [-0.2, -0.15) is 0 Å². The Hall–Kier alpha value is -6.00. The molecule has 1 aromatic heterocycles. The molecule has 4 nitrogen and oxygen atoms in total.